The van der Waals surface area contributed by atoms with Crippen LogP contribution in [-0.4, -0.2) is 18.4 Å². The molecule has 1 rings (SSSR count). The van der Waals surface area contributed by atoms with Gasteiger partial charge in [0.25, 0.3) is 0 Å². The Labute approximate surface area is 153 Å². The van der Waals surface area contributed by atoms with E-state index in [1.165, 1.54) is 0 Å². The maximum atomic E-state index is 11.6. The molecular weight excluding hydrogens is 351 g/mol. The SMILES string of the molecule is CCCCCCC(=O)NNC(=O)CCCOc1ccc(Cl)cc1Cl. The Morgan fingerprint density at radius 1 is 1.00 bits per heavy atom. The minimum absolute atomic E-state index is 0.163. The first-order valence-electron chi connectivity index (χ1n) is 8.18. The first kappa shape index (κ1) is 20.6. The van der Waals surface area contributed by atoms with Crippen LogP contribution in [0.4, 0.5) is 0 Å². The Bertz CT molecular complexity index is 539. The summed E-state index contributed by atoms with van der Waals surface area (Å²) in [6, 6.07) is 4.97. The number of hydrazine groups is 1. The summed E-state index contributed by atoms with van der Waals surface area (Å²) in [4.78, 5) is 23.1. The van der Waals surface area contributed by atoms with Crippen molar-refractivity contribution in [3.63, 3.8) is 0 Å². The van der Waals surface area contributed by atoms with Crippen LogP contribution in [0.25, 0.3) is 0 Å². The standard InChI is InChI=1S/C17H24Cl2N2O3/c1-2-3-4-5-7-16(22)20-21-17(23)8-6-11-24-15-10-9-13(18)12-14(15)19/h9-10,12H,2-8,11H2,1H3,(H,20,22)(H,21,23). The van der Waals surface area contributed by atoms with Crippen LogP contribution in [0, 0.1) is 0 Å². The fourth-order valence-corrected chi connectivity index (χ4v) is 2.45. The van der Waals surface area contributed by atoms with E-state index >= 15 is 0 Å². The summed E-state index contributed by atoms with van der Waals surface area (Å²) in [7, 11) is 0. The Morgan fingerprint density at radius 3 is 2.29 bits per heavy atom. The zero-order valence-corrected chi connectivity index (χ0v) is 15.4. The minimum atomic E-state index is -0.247. The molecule has 0 aromatic heterocycles. The van der Waals surface area contributed by atoms with E-state index in [0.29, 0.717) is 35.2 Å². The van der Waals surface area contributed by atoms with Gasteiger partial charge in [0.2, 0.25) is 11.8 Å². The zero-order valence-electron chi connectivity index (χ0n) is 13.9. The van der Waals surface area contributed by atoms with Crippen LogP contribution in [0.3, 0.4) is 0 Å². The van der Waals surface area contributed by atoms with Gasteiger partial charge in [-0.15, -0.1) is 0 Å². The van der Waals surface area contributed by atoms with E-state index in [-0.39, 0.29) is 18.2 Å². The fourth-order valence-electron chi connectivity index (χ4n) is 1.98. The molecule has 0 saturated carbocycles. The van der Waals surface area contributed by atoms with Gasteiger partial charge in [-0.3, -0.25) is 20.4 Å². The summed E-state index contributed by atoms with van der Waals surface area (Å²) in [5, 5.41) is 0.972. The summed E-state index contributed by atoms with van der Waals surface area (Å²) in [6.45, 7) is 2.46. The summed E-state index contributed by atoms with van der Waals surface area (Å²) in [5.74, 6) is 0.119. The lowest BCUT2D eigenvalue weighted by Crippen LogP contribution is -2.41. The van der Waals surface area contributed by atoms with Gasteiger partial charge in [-0.05, 0) is 31.0 Å². The highest BCUT2D eigenvalue weighted by atomic mass is 35.5. The number of unbranched alkanes of at least 4 members (excludes halogenated alkanes) is 3. The van der Waals surface area contributed by atoms with E-state index < -0.39 is 0 Å². The Morgan fingerprint density at radius 2 is 1.67 bits per heavy atom. The molecule has 24 heavy (non-hydrogen) atoms. The van der Waals surface area contributed by atoms with E-state index in [1.807, 2.05) is 0 Å². The number of rotatable bonds is 10. The highest BCUT2D eigenvalue weighted by Crippen LogP contribution is 2.27. The van der Waals surface area contributed by atoms with Crippen LogP contribution in [0.1, 0.15) is 51.9 Å². The van der Waals surface area contributed by atoms with Gasteiger partial charge in [-0.25, -0.2) is 0 Å². The van der Waals surface area contributed by atoms with E-state index in [1.54, 1.807) is 18.2 Å². The Balaban J connectivity index is 2.10. The Hall–Kier alpha value is -1.46. The van der Waals surface area contributed by atoms with Crippen molar-refractivity contribution in [1.82, 2.24) is 10.9 Å². The van der Waals surface area contributed by atoms with Gasteiger partial charge in [-0.2, -0.15) is 0 Å². The molecule has 0 fully saturated rings. The second kappa shape index (κ2) is 12.0. The van der Waals surface area contributed by atoms with Crippen molar-refractivity contribution in [3.05, 3.63) is 28.2 Å². The molecule has 0 heterocycles. The third-order valence-corrected chi connectivity index (χ3v) is 3.83. The third kappa shape index (κ3) is 8.99. The van der Waals surface area contributed by atoms with Crippen LogP contribution < -0.4 is 15.6 Å². The van der Waals surface area contributed by atoms with Crippen molar-refractivity contribution in [3.8, 4) is 5.75 Å². The lowest BCUT2D eigenvalue weighted by Gasteiger charge is -2.09. The molecule has 1 aromatic carbocycles. The van der Waals surface area contributed by atoms with Crippen LogP contribution in [-0.2, 0) is 9.59 Å². The molecule has 5 nitrogen and oxygen atoms in total. The van der Waals surface area contributed by atoms with Crippen LogP contribution in [0.5, 0.6) is 5.75 Å². The number of ether oxygens (including phenoxy) is 1. The highest BCUT2D eigenvalue weighted by molar-refractivity contribution is 6.35. The van der Waals surface area contributed by atoms with Gasteiger partial charge in [0.1, 0.15) is 5.75 Å². The summed E-state index contributed by atoms with van der Waals surface area (Å²) >= 11 is 11.8. The van der Waals surface area contributed by atoms with E-state index in [0.717, 1.165) is 25.7 Å². The maximum absolute atomic E-state index is 11.6. The van der Waals surface area contributed by atoms with Gasteiger partial charge in [0, 0.05) is 17.9 Å². The fraction of sp³-hybridized carbons (Fsp3) is 0.529. The molecule has 0 bridgehead atoms. The quantitative estimate of drug-likeness (QED) is 0.474. The number of carbonyl (C=O) groups excluding carboxylic acids is 2. The zero-order chi connectivity index (χ0) is 17.8. The number of hydrogen-bond donors (Lipinski definition) is 2. The molecule has 0 aliphatic heterocycles. The first-order chi connectivity index (χ1) is 11.5. The number of benzene rings is 1. The van der Waals surface area contributed by atoms with Crippen molar-refractivity contribution in [2.24, 2.45) is 0 Å². The lowest BCUT2D eigenvalue weighted by molar-refractivity contribution is -0.129. The molecular formula is C17H24Cl2N2O3. The second-order valence-corrected chi connectivity index (χ2v) is 6.28. The largest absolute Gasteiger partial charge is 0.492 e. The molecule has 0 atom stereocenters. The smallest absolute Gasteiger partial charge is 0.238 e. The van der Waals surface area contributed by atoms with Crippen LogP contribution in [0.15, 0.2) is 18.2 Å². The van der Waals surface area contributed by atoms with Gasteiger partial charge in [-0.1, -0.05) is 49.4 Å². The predicted octanol–water partition coefficient (Wildman–Crippen LogP) is 4.27. The Kier molecular flexibility index (Phi) is 10.3. The summed E-state index contributed by atoms with van der Waals surface area (Å²) < 4.78 is 5.49. The molecule has 0 unspecified atom stereocenters. The predicted molar refractivity (Wildman–Crippen MR) is 96.2 cm³/mol. The van der Waals surface area contributed by atoms with Crippen LogP contribution >= 0.6 is 23.2 Å². The van der Waals surface area contributed by atoms with Gasteiger partial charge >= 0.3 is 0 Å². The molecule has 0 radical (unpaired) electrons. The van der Waals surface area contributed by atoms with Crippen LogP contribution in [0.2, 0.25) is 10.0 Å². The molecule has 0 aliphatic carbocycles. The first-order valence-corrected chi connectivity index (χ1v) is 8.94. The monoisotopic (exact) mass is 374 g/mol. The second-order valence-electron chi connectivity index (χ2n) is 5.43. The molecule has 0 spiro atoms. The topological polar surface area (TPSA) is 67.4 Å². The third-order valence-electron chi connectivity index (χ3n) is 3.30. The van der Waals surface area contributed by atoms with Gasteiger partial charge in [0.15, 0.2) is 0 Å². The van der Waals surface area contributed by atoms with Crippen molar-refractivity contribution in [1.29, 1.82) is 0 Å². The normalized spacial score (nSPS) is 10.3. The molecule has 2 amide bonds. The number of carbonyl (C=O) groups is 2. The van der Waals surface area contributed by atoms with Crippen molar-refractivity contribution in [2.75, 3.05) is 6.61 Å². The van der Waals surface area contributed by atoms with Crippen molar-refractivity contribution < 1.29 is 14.3 Å². The molecule has 2 N–H and O–H groups in total. The summed E-state index contributed by atoms with van der Waals surface area (Å²) in [5.41, 5.74) is 4.82. The van der Waals surface area contributed by atoms with Crippen molar-refractivity contribution in [2.45, 2.75) is 51.9 Å². The molecule has 0 saturated heterocycles. The van der Waals surface area contributed by atoms with E-state index in [9.17, 15) is 9.59 Å². The van der Waals surface area contributed by atoms with E-state index in [2.05, 4.69) is 17.8 Å². The number of nitrogens with one attached hydrogen (secondary N) is 2. The van der Waals surface area contributed by atoms with E-state index in [4.69, 9.17) is 27.9 Å². The molecule has 7 heteroatoms. The number of halogens is 2. The average Bonchev–Trinajstić information content (AvgIpc) is 2.55. The number of hydrogen-bond acceptors (Lipinski definition) is 3. The summed E-state index contributed by atoms with van der Waals surface area (Å²) in [6.07, 6.45) is 5.31. The maximum Gasteiger partial charge on any atom is 0.238 e. The minimum Gasteiger partial charge on any atom is -0.492 e. The molecule has 1 aromatic rings. The van der Waals surface area contributed by atoms with Gasteiger partial charge in [0.05, 0.1) is 11.6 Å². The molecule has 0 aliphatic rings. The highest BCUT2D eigenvalue weighted by Gasteiger charge is 2.06. The van der Waals surface area contributed by atoms with Gasteiger partial charge < -0.3 is 4.74 Å². The average molecular weight is 375 g/mol. The van der Waals surface area contributed by atoms with Crippen molar-refractivity contribution >= 4 is 35.0 Å². The number of amides is 2. The molecule has 134 valence electrons. The lowest BCUT2D eigenvalue weighted by atomic mass is 10.1.